The number of hydrogen-bond acceptors (Lipinski definition) is 3. The molecule has 4 N–H and O–H groups in total. The van der Waals surface area contributed by atoms with Crippen molar-refractivity contribution in [2.45, 2.75) is 54.1 Å². The lowest BCUT2D eigenvalue weighted by atomic mass is 9.89. The minimum Gasteiger partial charge on any atom is -0.391 e. The largest absolute Gasteiger partial charge is 0.391 e. The van der Waals surface area contributed by atoms with Crippen molar-refractivity contribution in [3.63, 3.8) is 0 Å². The Morgan fingerprint density at radius 1 is 1.12 bits per heavy atom. The first kappa shape index (κ1) is 18.3. The molecule has 0 fully saturated rings. The van der Waals surface area contributed by atoms with Crippen molar-refractivity contribution in [2.75, 3.05) is 20.1 Å². The molecule has 1 atom stereocenters. The Morgan fingerprint density at radius 3 is 1.62 bits per heavy atom. The number of aliphatic hydroxyl groups excluding tert-OH is 1. The molecule has 0 saturated carbocycles. The second kappa shape index (κ2) is 8.04. The third kappa shape index (κ3) is 13.9. The summed E-state index contributed by atoms with van der Waals surface area (Å²) in [7, 11) is 1.84. The topological polar surface area (TPSA) is 58.3 Å². The summed E-state index contributed by atoms with van der Waals surface area (Å²) in [5.74, 6) is 0. The lowest BCUT2D eigenvalue weighted by Gasteiger charge is -2.25. The molecular weight excluding hydrogens is 200 g/mol. The van der Waals surface area contributed by atoms with Crippen LogP contribution in [0.3, 0.4) is 0 Å². The van der Waals surface area contributed by atoms with Gasteiger partial charge in [0.1, 0.15) is 0 Å². The van der Waals surface area contributed by atoms with E-state index >= 15 is 0 Å². The van der Waals surface area contributed by atoms with Gasteiger partial charge in [-0.1, -0.05) is 41.5 Å². The summed E-state index contributed by atoms with van der Waals surface area (Å²) < 4.78 is 0. The molecule has 1 unspecified atom stereocenters. The van der Waals surface area contributed by atoms with Crippen LogP contribution in [0.4, 0.5) is 0 Å². The molecule has 0 aromatic heterocycles. The maximum absolute atomic E-state index is 9.32. The summed E-state index contributed by atoms with van der Waals surface area (Å²) in [5.41, 5.74) is 5.74. The Morgan fingerprint density at radius 2 is 1.56 bits per heavy atom. The summed E-state index contributed by atoms with van der Waals surface area (Å²) in [6.07, 6.45) is 0.870. The molecule has 0 bridgehead atoms. The van der Waals surface area contributed by atoms with Gasteiger partial charge in [-0.3, -0.25) is 0 Å². The average Bonchev–Trinajstić information content (AvgIpc) is 2.01. The Bertz CT molecular complexity index is 156. The second-order valence-corrected chi connectivity index (χ2v) is 6.54. The Balaban J connectivity index is 0. The minimum absolute atomic E-state index is 0.00299. The predicted molar refractivity (Wildman–Crippen MR) is 72.5 cm³/mol. The van der Waals surface area contributed by atoms with Gasteiger partial charge < -0.3 is 16.2 Å². The maximum Gasteiger partial charge on any atom is 0.0712 e. The summed E-state index contributed by atoms with van der Waals surface area (Å²) >= 11 is 0. The summed E-state index contributed by atoms with van der Waals surface area (Å²) in [6.45, 7) is 14.1. The third-order valence-electron chi connectivity index (χ3n) is 2.29. The highest BCUT2D eigenvalue weighted by atomic mass is 16.3. The third-order valence-corrected chi connectivity index (χ3v) is 2.29. The van der Waals surface area contributed by atoms with E-state index < -0.39 is 0 Å². The SMILES string of the molecule is CC(C)(C)CCN.CNCC(O)C(C)(C)C. The van der Waals surface area contributed by atoms with Gasteiger partial charge in [-0.25, -0.2) is 0 Å². The van der Waals surface area contributed by atoms with Crippen LogP contribution in [0.25, 0.3) is 0 Å². The van der Waals surface area contributed by atoms with E-state index in [9.17, 15) is 5.11 Å². The van der Waals surface area contributed by atoms with Crippen molar-refractivity contribution >= 4 is 0 Å². The van der Waals surface area contributed by atoms with Crippen LogP contribution < -0.4 is 11.1 Å². The van der Waals surface area contributed by atoms with Gasteiger partial charge in [-0.2, -0.15) is 0 Å². The molecule has 0 aromatic carbocycles. The Kier molecular flexibility index (Phi) is 9.17. The van der Waals surface area contributed by atoms with Gasteiger partial charge in [0.15, 0.2) is 0 Å². The zero-order valence-corrected chi connectivity index (χ0v) is 12.2. The fraction of sp³-hybridized carbons (Fsp3) is 1.00. The van der Waals surface area contributed by atoms with E-state index in [0.29, 0.717) is 12.0 Å². The van der Waals surface area contributed by atoms with Gasteiger partial charge in [-0.15, -0.1) is 0 Å². The fourth-order valence-corrected chi connectivity index (χ4v) is 0.933. The fourth-order valence-electron chi connectivity index (χ4n) is 0.933. The number of hydrogen-bond donors (Lipinski definition) is 3. The first-order chi connectivity index (χ1) is 7.04. The molecule has 0 amide bonds. The van der Waals surface area contributed by atoms with E-state index in [-0.39, 0.29) is 11.5 Å². The highest BCUT2D eigenvalue weighted by Crippen LogP contribution is 2.17. The standard InChI is InChI=1S/C7H17NO.C6H15N/c1-7(2,3)6(9)5-8-4;1-6(2,3)4-5-7/h6,8-9H,5H2,1-4H3;4-5,7H2,1-3H3. The first-order valence-corrected chi connectivity index (χ1v) is 6.07. The molecule has 0 spiro atoms. The zero-order valence-electron chi connectivity index (χ0n) is 12.2. The van der Waals surface area contributed by atoms with E-state index in [1.54, 1.807) is 0 Å². The maximum atomic E-state index is 9.32. The minimum atomic E-state index is -0.248. The van der Waals surface area contributed by atoms with Gasteiger partial charge >= 0.3 is 0 Å². The van der Waals surface area contributed by atoms with E-state index in [4.69, 9.17) is 5.73 Å². The molecule has 0 aliphatic rings. The molecule has 3 heteroatoms. The second-order valence-electron chi connectivity index (χ2n) is 6.54. The lowest BCUT2D eigenvalue weighted by Crippen LogP contribution is -2.34. The predicted octanol–water partition coefficient (Wildman–Crippen LogP) is 1.99. The molecule has 0 aliphatic heterocycles. The summed E-state index contributed by atoms with van der Waals surface area (Å²) in [5, 5.41) is 12.2. The Labute approximate surface area is 102 Å². The quantitative estimate of drug-likeness (QED) is 0.697. The van der Waals surface area contributed by atoms with Crippen LogP contribution in [0.2, 0.25) is 0 Å². The molecule has 3 nitrogen and oxygen atoms in total. The van der Waals surface area contributed by atoms with Crippen molar-refractivity contribution in [1.29, 1.82) is 0 Å². The van der Waals surface area contributed by atoms with E-state index in [0.717, 1.165) is 13.0 Å². The molecule has 0 saturated heterocycles. The number of likely N-dealkylation sites (N-methyl/N-ethyl adjacent to an activating group) is 1. The van der Waals surface area contributed by atoms with Gasteiger partial charge in [0.25, 0.3) is 0 Å². The van der Waals surface area contributed by atoms with Crippen LogP contribution in [0.1, 0.15) is 48.0 Å². The molecule has 0 radical (unpaired) electrons. The van der Waals surface area contributed by atoms with Crippen LogP contribution in [-0.2, 0) is 0 Å². The lowest BCUT2D eigenvalue weighted by molar-refractivity contribution is 0.0648. The summed E-state index contributed by atoms with van der Waals surface area (Å²) in [4.78, 5) is 0. The Hall–Kier alpha value is -0.120. The van der Waals surface area contributed by atoms with Gasteiger partial charge in [-0.05, 0) is 30.8 Å². The van der Waals surface area contributed by atoms with Crippen molar-refractivity contribution < 1.29 is 5.11 Å². The van der Waals surface area contributed by atoms with Crippen molar-refractivity contribution in [2.24, 2.45) is 16.6 Å². The number of aliphatic hydroxyl groups is 1. The normalized spacial score (nSPS) is 14.1. The molecule has 0 aromatic rings. The average molecular weight is 232 g/mol. The van der Waals surface area contributed by atoms with Crippen LogP contribution in [-0.4, -0.2) is 31.3 Å². The smallest absolute Gasteiger partial charge is 0.0712 e. The highest BCUT2D eigenvalue weighted by molar-refractivity contribution is 4.73. The monoisotopic (exact) mass is 232 g/mol. The van der Waals surface area contributed by atoms with E-state index in [1.807, 2.05) is 27.8 Å². The van der Waals surface area contributed by atoms with Gasteiger partial charge in [0.2, 0.25) is 0 Å². The summed E-state index contributed by atoms with van der Waals surface area (Å²) in [6, 6.07) is 0. The van der Waals surface area contributed by atoms with Crippen LogP contribution in [0, 0.1) is 10.8 Å². The van der Waals surface area contributed by atoms with Gasteiger partial charge in [0.05, 0.1) is 6.10 Å². The molecule has 16 heavy (non-hydrogen) atoms. The van der Waals surface area contributed by atoms with Crippen molar-refractivity contribution in [3.8, 4) is 0 Å². The number of rotatable bonds is 3. The van der Waals surface area contributed by atoms with Crippen LogP contribution >= 0.6 is 0 Å². The van der Waals surface area contributed by atoms with E-state index in [2.05, 4.69) is 26.1 Å². The van der Waals surface area contributed by atoms with Crippen LogP contribution in [0.15, 0.2) is 0 Å². The molecule has 100 valence electrons. The first-order valence-electron chi connectivity index (χ1n) is 6.07. The molecule has 0 rings (SSSR count). The van der Waals surface area contributed by atoms with Crippen molar-refractivity contribution in [3.05, 3.63) is 0 Å². The molecule has 0 heterocycles. The van der Waals surface area contributed by atoms with E-state index in [1.165, 1.54) is 0 Å². The van der Waals surface area contributed by atoms with Crippen molar-refractivity contribution in [1.82, 2.24) is 5.32 Å². The zero-order chi connectivity index (χ0) is 13.4. The molecule has 0 aliphatic carbocycles. The number of nitrogens with one attached hydrogen (secondary N) is 1. The number of nitrogens with two attached hydrogens (primary N) is 1. The van der Waals surface area contributed by atoms with Gasteiger partial charge in [0, 0.05) is 6.54 Å². The van der Waals surface area contributed by atoms with Crippen LogP contribution in [0.5, 0.6) is 0 Å². The highest BCUT2D eigenvalue weighted by Gasteiger charge is 2.20. The molecular formula is C13H32N2O.